The summed E-state index contributed by atoms with van der Waals surface area (Å²) in [4.78, 5) is 10.4. The van der Waals surface area contributed by atoms with E-state index in [-0.39, 0.29) is 0 Å². The van der Waals surface area contributed by atoms with Crippen LogP contribution in [0, 0.1) is 0 Å². The van der Waals surface area contributed by atoms with Crippen LogP contribution in [-0.2, 0) is 4.74 Å². The van der Waals surface area contributed by atoms with Crippen molar-refractivity contribution in [1.82, 2.24) is 9.97 Å². The average molecular weight is 210 g/mol. The van der Waals surface area contributed by atoms with Gasteiger partial charge in [0.05, 0.1) is 26.5 Å². The predicted octanol–water partition coefficient (Wildman–Crippen LogP) is -0.0960. The van der Waals surface area contributed by atoms with Gasteiger partial charge in [0.1, 0.15) is 0 Å². The fourth-order valence-corrected chi connectivity index (χ4v) is 1.45. The second kappa shape index (κ2) is 4.31. The number of nitrogens with two attached hydrogens (primary N) is 1. The molecule has 0 bridgehead atoms. The molecular weight excluding hydrogens is 196 g/mol. The molecule has 15 heavy (non-hydrogen) atoms. The predicted molar refractivity (Wildman–Crippen MR) is 56.0 cm³/mol. The Morgan fingerprint density at radius 3 is 2.80 bits per heavy atom. The van der Waals surface area contributed by atoms with E-state index in [1.807, 2.05) is 4.90 Å². The summed E-state index contributed by atoms with van der Waals surface area (Å²) in [7, 11) is 1.55. The van der Waals surface area contributed by atoms with E-state index in [0.717, 1.165) is 13.1 Å². The van der Waals surface area contributed by atoms with E-state index in [2.05, 4.69) is 9.97 Å². The van der Waals surface area contributed by atoms with Crippen LogP contribution >= 0.6 is 0 Å². The summed E-state index contributed by atoms with van der Waals surface area (Å²) in [6.07, 6.45) is 1.59. The molecular formula is C9H14N4O2. The van der Waals surface area contributed by atoms with E-state index in [1.54, 1.807) is 13.3 Å². The Kier molecular flexibility index (Phi) is 2.86. The van der Waals surface area contributed by atoms with Gasteiger partial charge in [0.2, 0.25) is 5.95 Å². The van der Waals surface area contributed by atoms with Gasteiger partial charge in [-0.1, -0.05) is 0 Å². The number of morpholine rings is 1. The molecule has 1 aliphatic heterocycles. The zero-order chi connectivity index (χ0) is 10.7. The summed E-state index contributed by atoms with van der Waals surface area (Å²) >= 11 is 0. The first kappa shape index (κ1) is 9.97. The third-order valence-corrected chi connectivity index (χ3v) is 2.28. The van der Waals surface area contributed by atoms with Crippen LogP contribution in [0.4, 0.5) is 11.8 Å². The monoisotopic (exact) mass is 210 g/mol. The van der Waals surface area contributed by atoms with Crippen molar-refractivity contribution in [1.29, 1.82) is 0 Å². The molecule has 1 saturated heterocycles. The van der Waals surface area contributed by atoms with E-state index >= 15 is 0 Å². The van der Waals surface area contributed by atoms with Crippen molar-refractivity contribution in [3.8, 4) is 5.75 Å². The Labute approximate surface area is 88.0 Å². The van der Waals surface area contributed by atoms with Gasteiger partial charge in [-0.15, -0.1) is 0 Å². The minimum absolute atomic E-state index is 0.369. The molecule has 1 fully saturated rings. The van der Waals surface area contributed by atoms with Gasteiger partial charge in [-0.05, 0) is 0 Å². The molecule has 0 aliphatic carbocycles. The van der Waals surface area contributed by atoms with Crippen molar-refractivity contribution in [2.45, 2.75) is 0 Å². The van der Waals surface area contributed by atoms with Crippen molar-refractivity contribution >= 4 is 11.8 Å². The quantitative estimate of drug-likeness (QED) is 0.735. The third-order valence-electron chi connectivity index (χ3n) is 2.28. The van der Waals surface area contributed by atoms with Crippen LogP contribution in [0.2, 0.25) is 0 Å². The first-order valence-corrected chi connectivity index (χ1v) is 4.80. The van der Waals surface area contributed by atoms with E-state index < -0.39 is 0 Å². The number of aromatic nitrogens is 2. The van der Waals surface area contributed by atoms with E-state index in [1.165, 1.54) is 0 Å². The smallest absolute Gasteiger partial charge is 0.227 e. The molecule has 0 saturated carbocycles. The van der Waals surface area contributed by atoms with Gasteiger partial charge >= 0.3 is 0 Å². The number of hydrogen-bond donors (Lipinski definition) is 1. The van der Waals surface area contributed by atoms with Gasteiger partial charge in [0.25, 0.3) is 0 Å². The molecule has 1 aromatic rings. The number of methoxy groups -OCH3 is 1. The van der Waals surface area contributed by atoms with Crippen LogP contribution in [0.25, 0.3) is 0 Å². The Morgan fingerprint density at radius 2 is 2.20 bits per heavy atom. The molecule has 0 amide bonds. The van der Waals surface area contributed by atoms with E-state index in [4.69, 9.17) is 15.2 Å². The second-order valence-electron chi connectivity index (χ2n) is 3.22. The minimum Gasteiger partial charge on any atom is -0.491 e. The molecule has 82 valence electrons. The first-order valence-electron chi connectivity index (χ1n) is 4.80. The highest BCUT2D eigenvalue weighted by Gasteiger charge is 2.14. The highest BCUT2D eigenvalue weighted by Crippen LogP contribution is 2.20. The minimum atomic E-state index is 0.369. The Balaban J connectivity index is 2.17. The number of nitrogens with zero attached hydrogens (tertiary/aromatic N) is 3. The molecule has 2 rings (SSSR count). The van der Waals surface area contributed by atoms with Crippen LogP contribution in [0.5, 0.6) is 5.75 Å². The highest BCUT2D eigenvalue weighted by atomic mass is 16.5. The SMILES string of the molecule is COc1cnc(N2CCOCC2)nc1N. The summed E-state index contributed by atoms with van der Waals surface area (Å²) < 4.78 is 10.2. The van der Waals surface area contributed by atoms with Gasteiger partial charge in [0, 0.05) is 13.1 Å². The molecule has 0 spiro atoms. The van der Waals surface area contributed by atoms with Crippen molar-refractivity contribution in [3.05, 3.63) is 6.20 Å². The van der Waals surface area contributed by atoms with Crippen molar-refractivity contribution < 1.29 is 9.47 Å². The topological polar surface area (TPSA) is 73.5 Å². The van der Waals surface area contributed by atoms with Gasteiger partial charge < -0.3 is 20.1 Å². The Morgan fingerprint density at radius 1 is 1.47 bits per heavy atom. The fourth-order valence-electron chi connectivity index (χ4n) is 1.45. The molecule has 0 aromatic carbocycles. The average Bonchev–Trinajstić information content (AvgIpc) is 2.30. The summed E-state index contributed by atoms with van der Waals surface area (Å²) in [5.74, 6) is 1.51. The molecule has 2 N–H and O–H groups in total. The molecule has 0 atom stereocenters. The molecule has 1 aromatic heterocycles. The lowest BCUT2D eigenvalue weighted by atomic mass is 10.4. The molecule has 0 unspecified atom stereocenters. The summed E-state index contributed by atoms with van der Waals surface area (Å²) in [5, 5.41) is 0. The number of ether oxygens (including phenoxy) is 2. The largest absolute Gasteiger partial charge is 0.491 e. The molecule has 0 radical (unpaired) electrons. The van der Waals surface area contributed by atoms with Gasteiger partial charge in [-0.3, -0.25) is 0 Å². The maximum atomic E-state index is 5.70. The number of nitrogen functional groups attached to an aromatic ring is 1. The number of hydrogen-bond acceptors (Lipinski definition) is 6. The van der Waals surface area contributed by atoms with Crippen LogP contribution in [0.15, 0.2) is 6.20 Å². The van der Waals surface area contributed by atoms with Crippen LogP contribution in [0.3, 0.4) is 0 Å². The van der Waals surface area contributed by atoms with Crippen molar-refractivity contribution in [3.63, 3.8) is 0 Å². The van der Waals surface area contributed by atoms with Crippen LogP contribution in [0.1, 0.15) is 0 Å². The number of anilines is 2. The van der Waals surface area contributed by atoms with Crippen molar-refractivity contribution in [2.24, 2.45) is 0 Å². The van der Waals surface area contributed by atoms with E-state index in [9.17, 15) is 0 Å². The van der Waals surface area contributed by atoms with E-state index in [0.29, 0.717) is 30.7 Å². The van der Waals surface area contributed by atoms with Gasteiger partial charge in [-0.25, -0.2) is 4.98 Å². The molecule has 1 aliphatic rings. The number of rotatable bonds is 2. The summed E-state index contributed by atoms with van der Waals surface area (Å²) in [5.41, 5.74) is 5.70. The normalized spacial score (nSPS) is 16.5. The first-order chi connectivity index (χ1) is 7.31. The molecule has 6 nitrogen and oxygen atoms in total. The summed E-state index contributed by atoms with van der Waals surface area (Å²) in [6, 6.07) is 0. The van der Waals surface area contributed by atoms with Gasteiger partial charge in [-0.2, -0.15) is 4.98 Å². The van der Waals surface area contributed by atoms with Crippen LogP contribution < -0.4 is 15.4 Å². The molecule has 2 heterocycles. The van der Waals surface area contributed by atoms with Crippen molar-refractivity contribution in [2.75, 3.05) is 44.0 Å². The maximum Gasteiger partial charge on any atom is 0.227 e. The lowest BCUT2D eigenvalue weighted by Crippen LogP contribution is -2.37. The highest BCUT2D eigenvalue weighted by molar-refractivity contribution is 5.48. The lowest BCUT2D eigenvalue weighted by molar-refractivity contribution is 0.122. The fraction of sp³-hybridized carbons (Fsp3) is 0.556. The molecule has 6 heteroatoms. The standard InChI is InChI=1S/C9H14N4O2/c1-14-7-6-11-9(12-8(7)10)13-2-4-15-5-3-13/h6H,2-5H2,1H3,(H2,10,11,12). The second-order valence-corrected chi connectivity index (χ2v) is 3.22. The Hall–Kier alpha value is -1.56. The summed E-state index contributed by atoms with van der Waals surface area (Å²) in [6.45, 7) is 3.00. The Bertz CT molecular complexity index is 339. The maximum absolute atomic E-state index is 5.70. The lowest BCUT2D eigenvalue weighted by Gasteiger charge is -2.26. The zero-order valence-corrected chi connectivity index (χ0v) is 8.64. The van der Waals surface area contributed by atoms with Gasteiger partial charge in [0.15, 0.2) is 11.6 Å². The zero-order valence-electron chi connectivity index (χ0n) is 8.64. The third kappa shape index (κ3) is 2.10. The van der Waals surface area contributed by atoms with Crippen LogP contribution in [-0.4, -0.2) is 43.4 Å².